The highest BCUT2D eigenvalue weighted by atomic mass is 15.2. The Labute approximate surface area is 167 Å². The molecule has 0 aliphatic carbocycles. The molecule has 1 N–H and O–H groups in total. The van der Waals surface area contributed by atoms with Crippen LogP contribution in [-0.4, -0.2) is 12.2 Å². The lowest BCUT2D eigenvalue weighted by Gasteiger charge is -2.24. The van der Waals surface area contributed by atoms with Crippen LogP contribution >= 0.6 is 0 Å². The number of hydrogen-bond donors (Lipinski definition) is 1. The standard InChI is InChI=1S/C25H27N3/c1-17-14-20(4)23(21(5)15-17)27-16-28(24-18(2)10-9-11-19(24)3)25(26)22-12-7-6-8-13-22/h6-16,26H,1-5H3. The quantitative estimate of drug-likeness (QED) is 0.418. The Bertz CT molecular complexity index is 990. The van der Waals surface area contributed by atoms with E-state index in [0.29, 0.717) is 5.84 Å². The van der Waals surface area contributed by atoms with Gasteiger partial charge in [0.25, 0.3) is 0 Å². The van der Waals surface area contributed by atoms with Crippen LogP contribution in [0.15, 0.2) is 65.7 Å². The van der Waals surface area contributed by atoms with Crippen LogP contribution in [0.5, 0.6) is 0 Å². The number of hydrogen-bond acceptors (Lipinski definition) is 2. The lowest BCUT2D eigenvalue weighted by atomic mass is 10.1. The molecule has 3 aromatic carbocycles. The summed E-state index contributed by atoms with van der Waals surface area (Å²) >= 11 is 0. The molecule has 3 aromatic rings. The minimum absolute atomic E-state index is 0.407. The first-order valence-corrected chi connectivity index (χ1v) is 9.50. The average molecular weight is 370 g/mol. The van der Waals surface area contributed by atoms with Crippen molar-refractivity contribution in [3.63, 3.8) is 0 Å². The van der Waals surface area contributed by atoms with Crippen LogP contribution in [0.4, 0.5) is 11.4 Å². The molecule has 0 atom stereocenters. The maximum absolute atomic E-state index is 8.86. The number of aliphatic imine (C=N–C) groups is 1. The highest BCUT2D eigenvalue weighted by Gasteiger charge is 2.17. The van der Waals surface area contributed by atoms with Crippen LogP contribution in [0.3, 0.4) is 0 Å². The molecule has 3 nitrogen and oxygen atoms in total. The van der Waals surface area contributed by atoms with Gasteiger partial charge in [-0.25, -0.2) is 4.99 Å². The zero-order chi connectivity index (χ0) is 20.3. The zero-order valence-corrected chi connectivity index (χ0v) is 17.2. The van der Waals surface area contributed by atoms with Gasteiger partial charge < -0.3 is 0 Å². The molecule has 0 bridgehead atoms. The summed E-state index contributed by atoms with van der Waals surface area (Å²) < 4.78 is 0. The first kappa shape index (κ1) is 19.6. The topological polar surface area (TPSA) is 39.5 Å². The first-order valence-electron chi connectivity index (χ1n) is 9.50. The minimum atomic E-state index is 0.407. The molecule has 0 aliphatic rings. The van der Waals surface area contributed by atoms with Gasteiger partial charge in [0.1, 0.15) is 12.2 Å². The van der Waals surface area contributed by atoms with Gasteiger partial charge in [-0.3, -0.25) is 10.3 Å². The number of benzene rings is 3. The normalized spacial score (nSPS) is 11.0. The summed E-state index contributed by atoms with van der Waals surface area (Å²) in [5, 5.41) is 8.86. The molecule has 0 aliphatic heterocycles. The predicted octanol–water partition coefficient (Wildman–Crippen LogP) is 6.42. The maximum atomic E-state index is 8.86. The van der Waals surface area contributed by atoms with Gasteiger partial charge in [-0.15, -0.1) is 0 Å². The molecule has 0 saturated heterocycles. The van der Waals surface area contributed by atoms with E-state index in [-0.39, 0.29) is 0 Å². The molecule has 3 heteroatoms. The van der Waals surface area contributed by atoms with Crippen molar-refractivity contribution >= 4 is 23.5 Å². The van der Waals surface area contributed by atoms with Crippen molar-refractivity contribution in [1.82, 2.24) is 0 Å². The van der Waals surface area contributed by atoms with Gasteiger partial charge in [0.2, 0.25) is 0 Å². The minimum Gasteiger partial charge on any atom is -0.285 e. The molecule has 142 valence electrons. The highest BCUT2D eigenvalue weighted by molar-refractivity contribution is 6.18. The molecular weight excluding hydrogens is 342 g/mol. The molecule has 0 heterocycles. The lowest BCUT2D eigenvalue weighted by Crippen LogP contribution is -2.30. The molecule has 3 rings (SSSR count). The van der Waals surface area contributed by atoms with E-state index in [1.807, 2.05) is 41.3 Å². The fourth-order valence-corrected chi connectivity index (χ4v) is 3.64. The highest BCUT2D eigenvalue weighted by Crippen LogP contribution is 2.28. The van der Waals surface area contributed by atoms with Gasteiger partial charge in [0.15, 0.2) is 0 Å². The van der Waals surface area contributed by atoms with Gasteiger partial charge in [0, 0.05) is 5.56 Å². The Morgan fingerprint density at radius 1 is 0.786 bits per heavy atom. The van der Waals surface area contributed by atoms with E-state index in [2.05, 4.69) is 58.9 Å². The summed E-state index contributed by atoms with van der Waals surface area (Å²) in [5.41, 5.74) is 8.56. The van der Waals surface area contributed by atoms with Crippen LogP contribution in [0.2, 0.25) is 0 Å². The molecule has 0 spiro atoms. The third kappa shape index (κ3) is 4.04. The predicted molar refractivity (Wildman–Crippen MR) is 120 cm³/mol. The fraction of sp³-hybridized carbons (Fsp3) is 0.200. The average Bonchev–Trinajstić information content (AvgIpc) is 2.65. The van der Waals surface area contributed by atoms with Crippen molar-refractivity contribution in [2.24, 2.45) is 4.99 Å². The summed E-state index contributed by atoms with van der Waals surface area (Å²) in [6.07, 6.45) is 1.79. The summed E-state index contributed by atoms with van der Waals surface area (Å²) in [5.74, 6) is 0.407. The SMILES string of the molecule is Cc1cc(C)c(N=CN(C(=N)c2ccccc2)c2c(C)cccc2C)c(C)c1. The molecular formula is C25H27N3. The maximum Gasteiger partial charge on any atom is 0.137 e. The van der Waals surface area contributed by atoms with Crippen LogP contribution < -0.4 is 4.90 Å². The Morgan fingerprint density at radius 2 is 1.36 bits per heavy atom. The number of amidine groups is 1. The second-order valence-electron chi connectivity index (χ2n) is 7.32. The fourth-order valence-electron chi connectivity index (χ4n) is 3.64. The molecule has 0 fully saturated rings. The summed E-state index contributed by atoms with van der Waals surface area (Å²) in [7, 11) is 0. The van der Waals surface area contributed by atoms with Crippen molar-refractivity contribution < 1.29 is 0 Å². The third-order valence-corrected chi connectivity index (χ3v) is 4.91. The van der Waals surface area contributed by atoms with Crippen LogP contribution in [0.25, 0.3) is 0 Å². The van der Waals surface area contributed by atoms with Gasteiger partial charge >= 0.3 is 0 Å². The van der Waals surface area contributed by atoms with Crippen LogP contribution in [0.1, 0.15) is 33.4 Å². The van der Waals surface area contributed by atoms with Crippen molar-refractivity contribution in [3.05, 3.63) is 94.0 Å². The van der Waals surface area contributed by atoms with Gasteiger partial charge in [0.05, 0.1) is 11.4 Å². The molecule has 0 amide bonds. The summed E-state index contributed by atoms with van der Waals surface area (Å²) in [4.78, 5) is 6.70. The largest absolute Gasteiger partial charge is 0.285 e. The van der Waals surface area contributed by atoms with Crippen molar-refractivity contribution in [2.75, 3.05) is 4.90 Å². The van der Waals surface area contributed by atoms with E-state index in [1.165, 1.54) is 5.56 Å². The number of nitrogens with one attached hydrogen (secondary N) is 1. The van der Waals surface area contributed by atoms with E-state index in [1.54, 1.807) is 6.34 Å². The number of anilines is 1. The summed E-state index contributed by atoms with van der Waals surface area (Å²) in [6.45, 7) is 10.4. The van der Waals surface area contributed by atoms with E-state index in [4.69, 9.17) is 10.4 Å². The second-order valence-corrected chi connectivity index (χ2v) is 7.32. The molecule has 28 heavy (non-hydrogen) atoms. The lowest BCUT2D eigenvalue weighted by molar-refractivity contribution is 1.25. The van der Waals surface area contributed by atoms with Crippen LogP contribution in [0, 0.1) is 40.0 Å². The second kappa shape index (κ2) is 8.22. The summed E-state index contributed by atoms with van der Waals surface area (Å²) in [6, 6.07) is 20.3. The smallest absolute Gasteiger partial charge is 0.137 e. The van der Waals surface area contributed by atoms with E-state index in [0.717, 1.165) is 39.2 Å². The van der Waals surface area contributed by atoms with Gasteiger partial charge in [-0.2, -0.15) is 0 Å². The Balaban J connectivity index is 2.11. The van der Waals surface area contributed by atoms with Gasteiger partial charge in [-0.1, -0.05) is 66.2 Å². The van der Waals surface area contributed by atoms with Crippen LogP contribution in [-0.2, 0) is 0 Å². The molecule has 0 unspecified atom stereocenters. The monoisotopic (exact) mass is 369 g/mol. The number of rotatable bonds is 4. The Hall–Kier alpha value is -3.20. The van der Waals surface area contributed by atoms with Crippen molar-refractivity contribution in [2.45, 2.75) is 34.6 Å². The van der Waals surface area contributed by atoms with Gasteiger partial charge in [-0.05, 0) is 56.9 Å². The van der Waals surface area contributed by atoms with E-state index < -0.39 is 0 Å². The Kier molecular flexibility index (Phi) is 5.74. The van der Waals surface area contributed by atoms with E-state index in [9.17, 15) is 0 Å². The molecule has 0 radical (unpaired) electrons. The van der Waals surface area contributed by atoms with E-state index >= 15 is 0 Å². The number of para-hydroxylation sites is 1. The number of nitrogens with zero attached hydrogens (tertiary/aromatic N) is 2. The molecule has 0 saturated carbocycles. The Morgan fingerprint density at radius 3 is 1.93 bits per heavy atom. The molecule has 0 aromatic heterocycles. The third-order valence-electron chi connectivity index (χ3n) is 4.91. The van der Waals surface area contributed by atoms with Crippen molar-refractivity contribution in [3.8, 4) is 0 Å². The first-order chi connectivity index (χ1) is 13.4. The van der Waals surface area contributed by atoms with Crippen molar-refractivity contribution in [1.29, 1.82) is 5.41 Å². The number of aryl methyl sites for hydroxylation is 5. The zero-order valence-electron chi connectivity index (χ0n) is 17.2.